The van der Waals surface area contributed by atoms with Crippen LogP contribution in [0.15, 0.2) is 18.2 Å². The predicted octanol–water partition coefficient (Wildman–Crippen LogP) is 7.51. The molecule has 0 bridgehead atoms. The van der Waals surface area contributed by atoms with Crippen molar-refractivity contribution in [3.05, 3.63) is 23.2 Å². The molecule has 188 valence electrons. The van der Waals surface area contributed by atoms with Crippen molar-refractivity contribution in [2.24, 2.45) is 5.92 Å². The highest BCUT2D eigenvalue weighted by molar-refractivity contribution is 6.31. The lowest BCUT2D eigenvalue weighted by Gasteiger charge is -2.22. The van der Waals surface area contributed by atoms with E-state index in [9.17, 15) is 9.59 Å². The third-order valence-electron chi connectivity index (χ3n) is 5.12. The van der Waals surface area contributed by atoms with Gasteiger partial charge >= 0.3 is 11.9 Å². The molecule has 6 nitrogen and oxygen atoms in total. The smallest absolute Gasteiger partial charge is 0.313 e. The summed E-state index contributed by atoms with van der Waals surface area (Å²) in [5, 5.41) is 1.54. The number of hydrogen-bond donors (Lipinski definition) is 0. The maximum atomic E-state index is 12.8. The molecule has 0 aliphatic carbocycles. The number of carbonyl (C=O) groups is 2. The number of esters is 2. The molecule has 2 aromatic carbocycles. The fourth-order valence-electron chi connectivity index (χ4n) is 3.31. The van der Waals surface area contributed by atoms with Gasteiger partial charge in [0.15, 0.2) is 11.5 Å². The second-order valence-corrected chi connectivity index (χ2v) is 9.00. The first-order valence-corrected chi connectivity index (χ1v) is 12.7. The molecule has 0 unspecified atom stereocenters. The summed E-state index contributed by atoms with van der Waals surface area (Å²) in [5.41, 5.74) is 0. The van der Waals surface area contributed by atoms with Crippen molar-refractivity contribution in [3.8, 4) is 23.0 Å². The molecule has 0 spiro atoms. The third-order valence-corrected chi connectivity index (χ3v) is 5.35. The number of carbonyl (C=O) groups excluding carboxylic acids is 2. The zero-order chi connectivity index (χ0) is 25.1. The average Bonchev–Trinajstić information content (AvgIpc) is 2.81. The number of benzene rings is 2. The van der Waals surface area contributed by atoms with Crippen LogP contribution in [0.3, 0.4) is 0 Å². The van der Waals surface area contributed by atoms with E-state index in [1.165, 1.54) is 0 Å². The Kier molecular flexibility index (Phi) is 11.5. The predicted molar refractivity (Wildman–Crippen MR) is 135 cm³/mol. The van der Waals surface area contributed by atoms with E-state index in [0.29, 0.717) is 35.4 Å². The van der Waals surface area contributed by atoms with Gasteiger partial charge in [-0.05, 0) is 37.5 Å². The van der Waals surface area contributed by atoms with Crippen LogP contribution in [-0.4, -0.2) is 25.2 Å². The number of ether oxygens (including phenoxy) is 4. The zero-order valence-corrected chi connectivity index (χ0v) is 21.8. The molecule has 0 saturated carbocycles. The van der Waals surface area contributed by atoms with Gasteiger partial charge < -0.3 is 18.9 Å². The standard InChI is InChI=1S/C27H37ClO6/c1-6-9-10-11-12-22(29)33-23-20-14-13-19(28)17-21(20)24(34-27(30)18(4)5)26(32-16-8-3)25(23)31-15-7-2/h13-14,17-18H,6-12,15-16H2,1-5H3. The second kappa shape index (κ2) is 14.1. The number of halogens is 1. The lowest BCUT2D eigenvalue weighted by molar-refractivity contribution is -0.138. The Morgan fingerprint density at radius 1 is 0.794 bits per heavy atom. The number of unbranched alkanes of at least 4 members (excludes halogenated alkanes) is 3. The summed E-state index contributed by atoms with van der Waals surface area (Å²) in [6.45, 7) is 10.3. The first-order chi connectivity index (χ1) is 16.3. The molecule has 0 atom stereocenters. The van der Waals surface area contributed by atoms with Gasteiger partial charge in [-0.15, -0.1) is 0 Å². The van der Waals surface area contributed by atoms with Gasteiger partial charge in [-0.25, -0.2) is 0 Å². The molecule has 0 fully saturated rings. The monoisotopic (exact) mass is 492 g/mol. The van der Waals surface area contributed by atoms with E-state index in [0.717, 1.165) is 38.5 Å². The van der Waals surface area contributed by atoms with Crippen LogP contribution in [0.2, 0.25) is 5.02 Å². The molecule has 0 amide bonds. The van der Waals surface area contributed by atoms with Crippen LogP contribution in [0, 0.1) is 5.92 Å². The van der Waals surface area contributed by atoms with Crippen LogP contribution in [0.4, 0.5) is 0 Å². The minimum Gasteiger partial charge on any atom is -0.486 e. The van der Waals surface area contributed by atoms with E-state index < -0.39 is 5.97 Å². The molecule has 2 aromatic rings. The van der Waals surface area contributed by atoms with Crippen molar-refractivity contribution in [1.82, 2.24) is 0 Å². The first-order valence-electron chi connectivity index (χ1n) is 12.3. The SMILES string of the molecule is CCCCCCC(=O)Oc1c(OCCC)c(OCCC)c(OC(=O)C(C)C)c2cc(Cl)ccc12. The van der Waals surface area contributed by atoms with Crippen molar-refractivity contribution < 1.29 is 28.5 Å². The summed E-state index contributed by atoms with van der Waals surface area (Å²) in [5.74, 6) is -0.123. The largest absolute Gasteiger partial charge is 0.486 e. The zero-order valence-electron chi connectivity index (χ0n) is 21.0. The molecule has 0 saturated heterocycles. The second-order valence-electron chi connectivity index (χ2n) is 8.56. The first kappa shape index (κ1) is 27.8. The number of fused-ring (bicyclic) bond motifs is 1. The summed E-state index contributed by atoms with van der Waals surface area (Å²) in [6.07, 6.45) is 5.65. The van der Waals surface area contributed by atoms with Crippen molar-refractivity contribution in [2.45, 2.75) is 79.6 Å². The van der Waals surface area contributed by atoms with Crippen molar-refractivity contribution in [3.63, 3.8) is 0 Å². The Morgan fingerprint density at radius 2 is 1.41 bits per heavy atom. The van der Waals surface area contributed by atoms with Crippen LogP contribution in [0.25, 0.3) is 10.8 Å². The molecule has 0 heterocycles. The molecule has 0 aromatic heterocycles. The van der Waals surface area contributed by atoms with Crippen molar-refractivity contribution in [1.29, 1.82) is 0 Å². The Balaban J connectivity index is 2.68. The number of rotatable bonds is 14. The highest BCUT2D eigenvalue weighted by Crippen LogP contribution is 2.52. The molecular formula is C27H37ClO6. The molecule has 0 N–H and O–H groups in total. The molecule has 0 aliphatic rings. The summed E-state index contributed by atoms with van der Waals surface area (Å²) < 4.78 is 23.8. The van der Waals surface area contributed by atoms with Crippen LogP contribution < -0.4 is 18.9 Å². The van der Waals surface area contributed by atoms with E-state index in [1.54, 1.807) is 32.0 Å². The molecular weight excluding hydrogens is 456 g/mol. The van der Waals surface area contributed by atoms with Gasteiger partial charge in [-0.1, -0.05) is 65.5 Å². The third kappa shape index (κ3) is 7.52. The van der Waals surface area contributed by atoms with Gasteiger partial charge in [-0.2, -0.15) is 0 Å². The van der Waals surface area contributed by atoms with Crippen molar-refractivity contribution in [2.75, 3.05) is 13.2 Å². The maximum Gasteiger partial charge on any atom is 0.313 e. The summed E-state index contributed by atoms with van der Waals surface area (Å²) >= 11 is 6.31. The normalized spacial score (nSPS) is 11.0. The minimum absolute atomic E-state index is 0.221. The topological polar surface area (TPSA) is 71.1 Å². The van der Waals surface area contributed by atoms with E-state index >= 15 is 0 Å². The summed E-state index contributed by atoms with van der Waals surface area (Å²) in [7, 11) is 0. The summed E-state index contributed by atoms with van der Waals surface area (Å²) in [6, 6.07) is 5.12. The molecule has 0 radical (unpaired) electrons. The van der Waals surface area contributed by atoms with Crippen LogP contribution in [-0.2, 0) is 9.59 Å². The van der Waals surface area contributed by atoms with Gasteiger partial charge in [0.2, 0.25) is 11.5 Å². The van der Waals surface area contributed by atoms with Gasteiger partial charge in [0.05, 0.1) is 19.1 Å². The molecule has 0 aliphatic heterocycles. The molecule has 34 heavy (non-hydrogen) atoms. The maximum absolute atomic E-state index is 12.8. The lowest BCUT2D eigenvalue weighted by Crippen LogP contribution is -2.17. The highest BCUT2D eigenvalue weighted by Gasteiger charge is 2.28. The van der Waals surface area contributed by atoms with Gasteiger partial charge in [0, 0.05) is 22.2 Å². The quantitative estimate of drug-likeness (QED) is 0.154. The van der Waals surface area contributed by atoms with E-state index in [1.807, 2.05) is 13.8 Å². The summed E-state index contributed by atoms with van der Waals surface area (Å²) in [4.78, 5) is 25.3. The highest BCUT2D eigenvalue weighted by atomic mass is 35.5. The Bertz CT molecular complexity index is 969. The Hall–Kier alpha value is -2.47. The van der Waals surface area contributed by atoms with E-state index in [-0.39, 0.29) is 34.9 Å². The van der Waals surface area contributed by atoms with Crippen LogP contribution in [0.5, 0.6) is 23.0 Å². The Labute approximate surface area is 207 Å². The van der Waals surface area contributed by atoms with Crippen molar-refractivity contribution >= 4 is 34.3 Å². The van der Waals surface area contributed by atoms with E-state index in [4.69, 9.17) is 30.5 Å². The van der Waals surface area contributed by atoms with Crippen LogP contribution >= 0.6 is 11.6 Å². The van der Waals surface area contributed by atoms with Gasteiger partial charge in [0.1, 0.15) is 0 Å². The lowest BCUT2D eigenvalue weighted by atomic mass is 10.1. The number of hydrogen-bond acceptors (Lipinski definition) is 6. The van der Waals surface area contributed by atoms with Gasteiger partial charge in [-0.3, -0.25) is 9.59 Å². The van der Waals surface area contributed by atoms with Gasteiger partial charge in [0.25, 0.3) is 0 Å². The average molecular weight is 493 g/mol. The molecule has 2 rings (SSSR count). The minimum atomic E-state index is -0.412. The fourth-order valence-corrected chi connectivity index (χ4v) is 3.48. The fraction of sp³-hybridized carbons (Fsp3) is 0.556. The van der Waals surface area contributed by atoms with E-state index in [2.05, 4.69) is 6.92 Å². The Morgan fingerprint density at radius 3 is 1.97 bits per heavy atom. The van der Waals surface area contributed by atoms with Crippen LogP contribution in [0.1, 0.15) is 79.6 Å². The molecule has 7 heteroatoms.